The van der Waals surface area contributed by atoms with Crippen LogP contribution in [0, 0.1) is 11.8 Å². The molecule has 1 aliphatic heterocycles. The largest absolute Gasteiger partial charge is 0.396 e. The summed E-state index contributed by atoms with van der Waals surface area (Å²) in [5, 5.41) is 17.1. The van der Waals surface area contributed by atoms with Crippen molar-refractivity contribution in [2.45, 2.75) is 83.3 Å². The van der Waals surface area contributed by atoms with Gasteiger partial charge in [0.05, 0.1) is 0 Å². The maximum absolute atomic E-state index is 9.53. The number of aliphatic hydroxyl groups is 1. The van der Waals surface area contributed by atoms with Crippen molar-refractivity contribution in [1.82, 2.24) is 10.6 Å². The van der Waals surface area contributed by atoms with Crippen molar-refractivity contribution in [1.29, 1.82) is 0 Å². The van der Waals surface area contributed by atoms with E-state index >= 15 is 0 Å². The Balaban J connectivity index is 1.86. The molecule has 2 fully saturated rings. The van der Waals surface area contributed by atoms with Gasteiger partial charge in [-0.25, -0.2) is 0 Å². The van der Waals surface area contributed by atoms with E-state index in [1.54, 1.807) is 0 Å². The van der Waals surface area contributed by atoms with Crippen LogP contribution >= 0.6 is 0 Å². The Kier molecular flexibility index (Phi) is 5.14. The normalized spacial score (nSPS) is 34.0. The molecule has 2 aliphatic rings. The van der Waals surface area contributed by atoms with Crippen molar-refractivity contribution in [3.63, 3.8) is 0 Å². The van der Waals surface area contributed by atoms with E-state index in [9.17, 15) is 5.11 Å². The lowest BCUT2D eigenvalue weighted by molar-refractivity contribution is 0.113. The molecule has 0 spiro atoms. The second-order valence-electron chi connectivity index (χ2n) is 8.39. The SMILES string of the molecule is CC1(C)CC(NCC2CCCCC2CO)CC(C)(C)N1. The zero-order chi connectivity index (χ0) is 14.8. The third-order valence-electron chi connectivity index (χ3n) is 5.16. The van der Waals surface area contributed by atoms with Gasteiger partial charge < -0.3 is 15.7 Å². The number of rotatable bonds is 4. The van der Waals surface area contributed by atoms with Gasteiger partial charge in [0.25, 0.3) is 0 Å². The second-order valence-corrected chi connectivity index (χ2v) is 8.39. The topological polar surface area (TPSA) is 44.3 Å². The molecule has 2 rings (SSSR count). The van der Waals surface area contributed by atoms with Crippen molar-refractivity contribution in [3.05, 3.63) is 0 Å². The first-order chi connectivity index (χ1) is 9.31. The van der Waals surface area contributed by atoms with Gasteiger partial charge in [-0.05, 0) is 71.8 Å². The van der Waals surface area contributed by atoms with Gasteiger partial charge in [-0.15, -0.1) is 0 Å². The van der Waals surface area contributed by atoms with Gasteiger partial charge in [0.2, 0.25) is 0 Å². The minimum Gasteiger partial charge on any atom is -0.396 e. The highest BCUT2D eigenvalue weighted by Crippen LogP contribution is 2.31. The fraction of sp³-hybridized carbons (Fsp3) is 1.00. The maximum Gasteiger partial charge on any atom is 0.0462 e. The molecule has 3 nitrogen and oxygen atoms in total. The van der Waals surface area contributed by atoms with Gasteiger partial charge in [-0.2, -0.15) is 0 Å². The molecule has 0 aromatic rings. The summed E-state index contributed by atoms with van der Waals surface area (Å²) in [4.78, 5) is 0. The molecule has 0 amide bonds. The molecule has 0 aromatic heterocycles. The molecule has 1 heterocycles. The Morgan fingerprint density at radius 3 is 2.10 bits per heavy atom. The molecule has 0 aromatic carbocycles. The Morgan fingerprint density at radius 2 is 1.55 bits per heavy atom. The van der Waals surface area contributed by atoms with Gasteiger partial charge in [0, 0.05) is 23.7 Å². The Hall–Kier alpha value is -0.120. The molecule has 20 heavy (non-hydrogen) atoms. The van der Waals surface area contributed by atoms with E-state index in [1.165, 1.54) is 38.5 Å². The van der Waals surface area contributed by atoms with E-state index < -0.39 is 0 Å². The first kappa shape index (κ1) is 16.3. The first-order valence-corrected chi connectivity index (χ1v) is 8.45. The molecule has 1 saturated carbocycles. The fourth-order valence-electron chi connectivity index (χ4n) is 4.58. The van der Waals surface area contributed by atoms with Crippen LogP contribution in [0.3, 0.4) is 0 Å². The van der Waals surface area contributed by atoms with Crippen LogP contribution in [0.5, 0.6) is 0 Å². The van der Waals surface area contributed by atoms with Gasteiger partial charge in [0.15, 0.2) is 0 Å². The molecular formula is C17H34N2O. The summed E-state index contributed by atoms with van der Waals surface area (Å²) in [5.74, 6) is 1.20. The average molecular weight is 282 g/mol. The monoisotopic (exact) mass is 282 g/mol. The summed E-state index contributed by atoms with van der Waals surface area (Å²) < 4.78 is 0. The Bertz CT molecular complexity index is 298. The van der Waals surface area contributed by atoms with Crippen molar-refractivity contribution in [3.8, 4) is 0 Å². The molecular weight excluding hydrogens is 248 g/mol. The summed E-state index contributed by atoms with van der Waals surface area (Å²) in [5.41, 5.74) is 0.421. The number of hydrogen-bond acceptors (Lipinski definition) is 3. The lowest BCUT2D eigenvalue weighted by atomic mass is 9.77. The van der Waals surface area contributed by atoms with Crippen LogP contribution in [0.15, 0.2) is 0 Å². The van der Waals surface area contributed by atoms with E-state index in [0.29, 0.717) is 24.5 Å². The van der Waals surface area contributed by atoms with Gasteiger partial charge in [-0.3, -0.25) is 0 Å². The summed E-state index contributed by atoms with van der Waals surface area (Å²) in [7, 11) is 0. The summed E-state index contributed by atoms with van der Waals surface area (Å²) in [6.45, 7) is 10.7. The average Bonchev–Trinajstić information content (AvgIpc) is 2.33. The number of hydrogen-bond donors (Lipinski definition) is 3. The molecule has 3 N–H and O–H groups in total. The van der Waals surface area contributed by atoms with Crippen molar-refractivity contribution in [2.24, 2.45) is 11.8 Å². The highest BCUT2D eigenvalue weighted by atomic mass is 16.3. The van der Waals surface area contributed by atoms with Crippen LogP contribution in [-0.2, 0) is 0 Å². The molecule has 0 radical (unpaired) electrons. The van der Waals surface area contributed by atoms with Crippen LogP contribution in [0.1, 0.15) is 66.2 Å². The number of aliphatic hydroxyl groups excluding tert-OH is 1. The van der Waals surface area contributed by atoms with Gasteiger partial charge in [-0.1, -0.05) is 12.8 Å². The fourth-order valence-corrected chi connectivity index (χ4v) is 4.58. The second kappa shape index (κ2) is 6.33. The highest BCUT2D eigenvalue weighted by molar-refractivity contribution is 4.99. The molecule has 1 saturated heterocycles. The van der Waals surface area contributed by atoms with Crippen molar-refractivity contribution in [2.75, 3.05) is 13.2 Å². The smallest absolute Gasteiger partial charge is 0.0462 e. The molecule has 2 unspecified atom stereocenters. The Morgan fingerprint density at radius 1 is 1.00 bits per heavy atom. The van der Waals surface area contributed by atoms with Crippen molar-refractivity contribution >= 4 is 0 Å². The quantitative estimate of drug-likeness (QED) is 0.743. The van der Waals surface area contributed by atoms with E-state index in [4.69, 9.17) is 0 Å². The first-order valence-electron chi connectivity index (χ1n) is 8.45. The zero-order valence-electron chi connectivity index (χ0n) is 13.8. The third kappa shape index (κ3) is 4.44. The number of piperidine rings is 1. The zero-order valence-corrected chi connectivity index (χ0v) is 13.8. The standard InChI is InChI=1S/C17H34N2O/c1-16(2)9-15(10-17(3,4)19-16)18-11-13-7-5-6-8-14(13)12-20/h13-15,18-20H,5-12H2,1-4H3. The van der Waals surface area contributed by atoms with Crippen LogP contribution < -0.4 is 10.6 Å². The molecule has 1 aliphatic carbocycles. The lowest BCUT2D eigenvalue weighted by Gasteiger charge is -2.47. The number of nitrogens with one attached hydrogen (secondary N) is 2. The third-order valence-corrected chi connectivity index (χ3v) is 5.16. The van der Waals surface area contributed by atoms with Crippen LogP contribution in [-0.4, -0.2) is 35.4 Å². The predicted molar refractivity (Wildman–Crippen MR) is 84.9 cm³/mol. The minimum absolute atomic E-state index is 0.211. The van der Waals surface area contributed by atoms with Crippen LogP contribution in [0.25, 0.3) is 0 Å². The van der Waals surface area contributed by atoms with E-state index in [0.717, 1.165) is 6.54 Å². The van der Waals surface area contributed by atoms with Gasteiger partial charge in [0.1, 0.15) is 0 Å². The lowest BCUT2D eigenvalue weighted by Crippen LogP contribution is -2.62. The van der Waals surface area contributed by atoms with E-state index in [2.05, 4.69) is 38.3 Å². The molecule has 0 bridgehead atoms. The van der Waals surface area contributed by atoms with Gasteiger partial charge >= 0.3 is 0 Å². The predicted octanol–water partition coefficient (Wildman–Crippen LogP) is 2.68. The van der Waals surface area contributed by atoms with Crippen LogP contribution in [0.4, 0.5) is 0 Å². The summed E-state index contributed by atoms with van der Waals surface area (Å²) in [6.07, 6.45) is 7.52. The molecule has 3 heteroatoms. The molecule has 118 valence electrons. The summed E-state index contributed by atoms with van der Waals surface area (Å²) >= 11 is 0. The summed E-state index contributed by atoms with van der Waals surface area (Å²) in [6, 6.07) is 0.600. The maximum atomic E-state index is 9.53. The minimum atomic E-state index is 0.211. The molecule has 2 atom stereocenters. The Labute approximate surface area is 124 Å². The van der Waals surface area contributed by atoms with Crippen LogP contribution in [0.2, 0.25) is 0 Å². The van der Waals surface area contributed by atoms with E-state index in [1.807, 2.05) is 0 Å². The van der Waals surface area contributed by atoms with E-state index in [-0.39, 0.29) is 11.1 Å². The highest BCUT2D eigenvalue weighted by Gasteiger charge is 2.37. The van der Waals surface area contributed by atoms with Crippen molar-refractivity contribution < 1.29 is 5.11 Å².